The molecule has 1 unspecified atom stereocenters. The summed E-state index contributed by atoms with van der Waals surface area (Å²) in [6, 6.07) is 0. The van der Waals surface area contributed by atoms with Crippen molar-refractivity contribution in [2.24, 2.45) is 0 Å². The number of carbonyl (C=O) groups excluding carboxylic acids is 3. The molecule has 0 rings (SSSR count). The molecule has 0 bridgehead atoms. The minimum atomic E-state index is -4.77. The van der Waals surface area contributed by atoms with Crippen molar-refractivity contribution < 1.29 is 45.8 Å². The predicted molar refractivity (Wildman–Crippen MR) is 72.8 cm³/mol. The monoisotopic (exact) mass is 441 g/mol. The molecule has 13 heteroatoms. The topological polar surface area (TPSA) is 149 Å². The second kappa shape index (κ2) is 9.15. The lowest BCUT2D eigenvalue weighted by Crippen LogP contribution is -2.36. The summed E-state index contributed by atoms with van der Waals surface area (Å²) in [6.07, 6.45) is -2.29. The number of likely N-dealkylation sites (N-methyl/N-ethyl adjacent to an activating group) is 1. The second-order valence-electron chi connectivity index (χ2n) is 3.52. The van der Waals surface area contributed by atoms with Gasteiger partial charge in [-0.25, -0.2) is 9.36 Å². The van der Waals surface area contributed by atoms with Crippen LogP contribution in [0.25, 0.3) is 0 Å². The Hall–Kier alpha value is -0.950. The summed E-state index contributed by atoms with van der Waals surface area (Å²) >= 11 is 1.28. The average molecular weight is 441 g/mol. The molecule has 0 spiro atoms. The van der Waals surface area contributed by atoms with Crippen LogP contribution >= 0.6 is 30.8 Å². The number of amides is 1. The molecule has 0 aliphatic rings. The van der Waals surface area contributed by atoms with E-state index >= 15 is 0 Å². The van der Waals surface area contributed by atoms with Gasteiger partial charge in [0.15, 0.2) is 23.0 Å². The Kier molecular flexibility index (Phi) is 8.73. The van der Waals surface area contributed by atoms with Crippen LogP contribution in [-0.4, -0.2) is 59.2 Å². The van der Waals surface area contributed by atoms with Crippen molar-refractivity contribution >= 4 is 48.9 Å². The van der Waals surface area contributed by atoms with Crippen molar-refractivity contribution in [2.45, 2.75) is 13.2 Å². The van der Waals surface area contributed by atoms with Crippen molar-refractivity contribution in [3.05, 3.63) is 0 Å². The van der Waals surface area contributed by atoms with E-state index in [2.05, 4.69) is 17.1 Å². The number of hydrogen-bond donors (Lipinski definition) is 2. The van der Waals surface area contributed by atoms with Crippen LogP contribution in [-0.2, 0) is 31.2 Å². The molecule has 0 fully saturated rings. The van der Waals surface area contributed by atoms with Gasteiger partial charge in [0, 0.05) is 14.0 Å². The Bertz CT molecular complexity index is 437. The lowest BCUT2D eigenvalue weighted by Gasteiger charge is -2.18. The van der Waals surface area contributed by atoms with Crippen LogP contribution in [0.1, 0.15) is 6.92 Å². The van der Waals surface area contributed by atoms with E-state index in [1.807, 2.05) is 0 Å². The highest BCUT2D eigenvalue weighted by Gasteiger charge is 2.21. The Morgan fingerprint density at radius 2 is 1.86 bits per heavy atom. The number of hydrogen-bond acceptors (Lipinski definition) is 8. The molecule has 0 aromatic carbocycles. The van der Waals surface area contributed by atoms with Crippen LogP contribution in [0.2, 0.25) is 0 Å². The average Bonchev–Trinajstić information content (AvgIpc) is 2.34. The summed E-state index contributed by atoms with van der Waals surface area (Å²) in [5, 5.41) is 0. The van der Waals surface area contributed by atoms with Gasteiger partial charge in [-0.1, -0.05) is 0 Å². The van der Waals surface area contributed by atoms with Gasteiger partial charge in [0.05, 0.1) is 0 Å². The molecule has 1 amide bonds. The van der Waals surface area contributed by atoms with E-state index in [4.69, 9.17) is 9.79 Å². The first kappa shape index (κ1) is 20.1. The Balaban J connectivity index is 4.16. The minimum Gasteiger partial charge on any atom is -0.424 e. The third-order valence-electron chi connectivity index (χ3n) is 1.77. The molecule has 11 nitrogen and oxygen atoms in total. The third kappa shape index (κ3) is 10.4. The van der Waals surface area contributed by atoms with Crippen LogP contribution in [0.15, 0.2) is 0 Å². The molecule has 2 N–H and O–H groups in total. The lowest BCUT2D eigenvalue weighted by atomic mass is 10.5. The molecule has 0 heterocycles. The molecule has 0 aliphatic carbocycles. The second-order valence-corrected chi connectivity index (χ2v) is 5.20. The number of nitrogens with zero attached hydrogens (tertiary/aromatic N) is 1. The lowest BCUT2D eigenvalue weighted by molar-refractivity contribution is -0.168. The van der Waals surface area contributed by atoms with E-state index < -0.39 is 45.3 Å². The number of carbonyl (C=O) groups is 3. The van der Waals surface area contributed by atoms with Crippen molar-refractivity contribution in [3.63, 3.8) is 0 Å². The van der Waals surface area contributed by atoms with E-state index in [-0.39, 0.29) is 0 Å². The van der Waals surface area contributed by atoms with Gasteiger partial charge >= 0.3 is 19.9 Å². The standard InChI is InChI=1S/C8H13INO10P/c1-5(19-8(13)20-9)18-7(12)3-10(2)6(11)4-17-21(14,15)16/h5H,3-4H2,1-2H3,(H2,14,15,16). The summed E-state index contributed by atoms with van der Waals surface area (Å²) in [6.45, 7) is -0.179. The minimum absolute atomic E-state index is 0.531. The summed E-state index contributed by atoms with van der Waals surface area (Å²) < 4.78 is 27.6. The van der Waals surface area contributed by atoms with E-state index in [9.17, 15) is 18.9 Å². The molecule has 0 aromatic rings. The highest BCUT2D eigenvalue weighted by molar-refractivity contribution is 14.1. The maximum atomic E-state index is 11.4. The van der Waals surface area contributed by atoms with Crippen molar-refractivity contribution in [2.75, 3.05) is 20.2 Å². The number of phosphoric ester groups is 1. The molecule has 0 saturated carbocycles. The van der Waals surface area contributed by atoms with Crippen LogP contribution in [0.4, 0.5) is 4.79 Å². The van der Waals surface area contributed by atoms with E-state index in [1.165, 1.54) is 37.0 Å². The summed E-state index contributed by atoms with van der Waals surface area (Å²) in [4.78, 5) is 51.2. The molecule has 1 atom stereocenters. The van der Waals surface area contributed by atoms with Crippen LogP contribution in [0, 0.1) is 0 Å². The van der Waals surface area contributed by atoms with Gasteiger partial charge in [-0.3, -0.25) is 14.1 Å². The van der Waals surface area contributed by atoms with Gasteiger partial charge in [0.25, 0.3) is 0 Å². The molecule has 122 valence electrons. The molecule has 0 aromatic heterocycles. The Morgan fingerprint density at radius 1 is 1.29 bits per heavy atom. The zero-order valence-electron chi connectivity index (χ0n) is 10.9. The van der Waals surface area contributed by atoms with Crippen molar-refractivity contribution in [1.29, 1.82) is 0 Å². The van der Waals surface area contributed by atoms with Gasteiger partial charge in [-0.2, -0.15) is 0 Å². The van der Waals surface area contributed by atoms with Crippen LogP contribution in [0.5, 0.6) is 0 Å². The maximum absolute atomic E-state index is 11.4. The smallest absolute Gasteiger partial charge is 0.424 e. The highest BCUT2D eigenvalue weighted by Crippen LogP contribution is 2.35. The van der Waals surface area contributed by atoms with Crippen LogP contribution < -0.4 is 0 Å². The molecule has 0 radical (unpaired) electrons. The highest BCUT2D eigenvalue weighted by atomic mass is 127. The largest absolute Gasteiger partial charge is 0.521 e. The van der Waals surface area contributed by atoms with Gasteiger partial charge in [0.2, 0.25) is 12.2 Å². The SMILES string of the molecule is CC(OC(=O)CN(C)C(=O)COP(=O)(O)O)OC(=O)OI. The Morgan fingerprint density at radius 3 is 2.33 bits per heavy atom. The van der Waals surface area contributed by atoms with E-state index in [0.29, 0.717) is 0 Å². The van der Waals surface area contributed by atoms with Gasteiger partial charge in [-0.05, 0) is 0 Å². The third-order valence-corrected chi connectivity index (χ3v) is 2.60. The molecule has 0 aliphatic heterocycles. The van der Waals surface area contributed by atoms with Crippen LogP contribution in [0.3, 0.4) is 0 Å². The fourth-order valence-corrected chi connectivity index (χ4v) is 1.31. The van der Waals surface area contributed by atoms with Crippen molar-refractivity contribution in [3.8, 4) is 0 Å². The first-order chi connectivity index (χ1) is 9.55. The maximum Gasteiger partial charge on any atom is 0.521 e. The Labute approximate surface area is 133 Å². The normalized spacial score (nSPS) is 12.2. The number of rotatable bonds is 7. The quantitative estimate of drug-likeness (QED) is 0.238. The number of ether oxygens (including phenoxy) is 2. The van der Waals surface area contributed by atoms with E-state index in [1.54, 1.807) is 0 Å². The van der Waals surface area contributed by atoms with Gasteiger partial charge < -0.3 is 27.2 Å². The van der Waals surface area contributed by atoms with Crippen molar-refractivity contribution in [1.82, 2.24) is 4.90 Å². The van der Waals surface area contributed by atoms with Gasteiger partial charge in [0.1, 0.15) is 13.2 Å². The first-order valence-corrected chi connectivity index (χ1v) is 7.59. The summed E-state index contributed by atoms with van der Waals surface area (Å²) in [5.74, 6) is -1.76. The summed E-state index contributed by atoms with van der Waals surface area (Å²) in [7, 11) is -3.58. The fraction of sp³-hybridized carbons (Fsp3) is 0.625. The molecular weight excluding hydrogens is 428 g/mol. The first-order valence-electron chi connectivity index (χ1n) is 5.18. The van der Waals surface area contributed by atoms with Gasteiger partial charge in [-0.15, -0.1) is 0 Å². The predicted octanol–water partition coefficient (Wildman–Crippen LogP) is -0.0535. The fourth-order valence-electron chi connectivity index (χ4n) is 0.931. The zero-order chi connectivity index (χ0) is 16.6. The summed E-state index contributed by atoms with van der Waals surface area (Å²) in [5.41, 5.74) is 0. The molecule has 21 heavy (non-hydrogen) atoms. The van der Waals surface area contributed by atoms with E-state index in [0.717, 1.165) is 4.90 Å². The molecule has 0 saturated heterocycles. The molecular formula is C8H13INO10P. The number of halogens is 1. The number of phosphoric acid groups is 1. The zero-order valence-corrected chi connectivity index (χ0v) is 14.0. The number of esters is 1.